The zero-order chi connectivity index (χ0) is 15.4. The van der Waals surface area contributed by atoms with Crippen LogP contribution in [0.3, 0.4) is 0 Å². The SMILES string of the molecule is CC1CN(c2snc(N)c2S(=O)(=O)C2CC2)CC1N(C)C. The molecular weight excluding hydrogens is 308 g/mol. The van der Waals surface area contributed by atoms with Crippen LogP contribution in [0.1, 0.15) is 19.8 Å². The van der Waals surface area contributed by atoms with Crippen molar-refractivity contribution >= 4 is 32.2 Å². The first kappa shape index (κ1) is 15.1. The molecule has 3 rings (SSSR count). The molecule has 2 aliphatic rings. The second-order valence-electron chi connectivity index (χ2n) is 6.36. The third kappa shape index (κ3) is 2.53. The summed E-state index contributed by atoms with van der Waals surface area (Å²) < 4.78 is 29.3. The summed E-state index contributed by atoms with van der Waals surface area (Å²) >= 11 is 1.21. The summed E-state index contributed by atoms with van der Waals surface area (Å²) in [5, 5.41) is 0.482. The lowest BCUT2D eigenvalue weighted by molar-refractivity contribution is 0.266. The van der Waals surface area contributed by atoms with E-state index in [0.717, 1.165) is 30.9 Å². The van der Waals surface area contributed by atoms with Crippen molar-refractivity contribution in [1.82, 2.24) is 9.27 Å². The van der Waals surface area contributed by atoms with Crippen LogP contribution in [0.15, 0.2) is 4.90 Å². The molecule has 1 aromatic rings. The van der Waals surface area contributed by atoms with Crippen molar-refractivity contribution in [1.29, 1.82) is 0 Å². The number of nitrogen functional groups attached to an aromatic ring is 1. The number of hydrogen-bond donors (Lipinski definition) is 1. The van der Waals surface area contributed by atoms with Gasteiger partial charge in [0, 0.05) is 19.1 Å². The number of hydrogen-bond acceptors (Lipinski definition) is 7. The molecule has 2 heterocycles. The Balaban J connectivity index is 1.94. The van der Waals surface area contributed by atoms with E-state index in [9.17, 15) is 8.42 Å². The molecule has 6 nitrogen and oxygen atoms in total. The molecule has 21 heavy (non-hydrogen) atoms. The van der Waals surface area contributed by atoms with E-state index < -0.39 is 9.84 Å². The van der Waals surface area contributed by atoms with Gasteiger partial charge >= 0.3 is 0 Å². The van der Waals surface area contributed by atoms with E-state index >= 15 is 0 Å². The van der Waals surface area contributed by atoms with E-state index in [4.69, 9.17) is 5.73 Å². The van der Waals surface area contributed by atoms with Gasteiger partial charge in [-0.3, -0.25) is 0 Å². The topological polar surface area (TPSA) is 79.5 Å². The predicted molar refractivity (Wildman–Crippen MR) is 85.6 cm³/mol. The highest BCUT2D eigenvalue weighted by Crippen LogP contribution is 2.43. The fourth-order valence-corrected chi connectivity index (χ4v) is 6.13. The normalized spacial score (nSPS) is 26.8. The molecule has 1 aliphatic heterocycles. The van der Waals surface area contributed by atoms with E-state index in [1.807, 2.05) is 0 Å². The molecule has 1 aliphatic carbocycles. The largest absolute Gasteiger partial charge is 0.382 e. The number of aromatic nitrogens is 1. The second-order valence-corrected chi connectivity index (χ2v) is 9.28. The van der Waals surface area contributed by atoms with Crippen molar-refractivity contribution in [3.63, 3.8) is 0 Å². The van der Waals surface area contributed by atoms with Gasteiger partial charge in [-0.25, -0.2) is 8.42 Å². The van der Waals surface area contributed by atoms with Gasteiger partial charge in [-0.1, -0.05) is 6.92 Å². The van der Waals surface area contributed by atoms with Crippen molar-refractivity contribution in [3.8, 4) is 0 Å². The first-order valence-corrected chi connectivity index (χ1v) is 9.54. The van der Waals surface area contributed by atoms with Gasteiger partial charge < -0.3 is 15.5 Å². The van der Waals surface area contributed by atoms with Gasteiger partial charge in [0.1, 0.15) is 9.90 Å². The van der Waals surface area contributed by atoms with Crippen molar-refractivity contribution in [2.24, 2.45) is 5.92 Å². The van der Waals surface area contributed by atoms with E-state index in [-0.39, 0.29) is 16.0 Å². The summed E-state index contributed by atoms with van der Waals surface area (Å²) in [4.78, 5) is 4.62. The van der Waals surface area contributed by atoms with E-state index in [1.54, 1.807) is 0 Å². The lowest BCUT2D eigenvalue weighted by atomic mass is 10.1. The molecule has 0 bridgehead atoms. The smallest absolute Gasteiger partial charge is 0.187 e. The van der Waals surface area contributed by atoms with E-state index in [1.165, 1.54) is 11.5 Å². The van der Waals surface area contributed by atoms with Crippen LogP contribution in [-0.2, 0) is 9.84 Å². The molecule has 1 saturated carbocycles. The third-order valence-corrected chi connectivity index (χ3v) is 7.80. The molecule has 2 fully saturated rings. The average Bonchev–Trinajstić information content (AvgIpc) is 3.08. The monoisotopic (exact) mass is 330 g/mol. The molecule has 0 spiro atoms. The lowest BCUT2D eigenvalue weighted by Gasteiger charge is -2.22. The minimum absolute atomic E-state index is 0.169. The quantitative estimate of drug-likeness (QED) is 0.889. The molecule has 0 radical (unpaired) electrons. The van der Waals surface area contributed by atoms with E-state index in [0.29, 0.717) is 12.0 Å². The first-order chi connectivity index (χ1) is 9.82. The van der Waals surface area contributed by atoms with Gasteiger partial charge in [0.2, 0.25) is 0 Å². The van der Waals surface area contributed by atoms with Crippen LogP contribution in [0.2, 0.25) is 0 Å². The third-order valence-electron chi connectivity index (χ3n) is 4.43. The van der Waals surface area contributed by atoms with Crippen molar-refractivity contribution in [2.45, 2.75) is 36.0 Å². The van der Waals surface area contributed by atoms with Crippen molar-refractivity contribution in [3.05, 3.63) is 0 Å². The maximum Gasteiger partial charge on any atom is 0.187 e. The van der Waals surface area contributed by atoms with Crippen LogP contribution in [0, 0.1) is 5.92 Å². The summed E-state index contributed by atoms with van der Waals surface area (Å²) in [5.74, 6) is 0.655. The molecule has 0 amide bonds. The molecule has 1 aromatic heterocycles. The van der Waals surface area contributed by atoms with Gasteiger partial charge in [-0.05, 0) is 44.4 Å². The molecule has 0 aromatic carbocycles. The molecule has 2 unspecified atom stereocenters. The van der Waals surface area contributed by atoms with Gasteiger partial charge in [-0.2, -0.15) is 4.37 Å². The number of rotatable bonds is 4. The average molecular weight is 330 g/mol. The first-order valence-electron chi connectivity index (χ1n) is 7.22. The van der Waals surface area contributed by atoms with Gasteiger partial charge in [0.25, 0.3) is 0 Å². The highest BCUT2D eigenvalue weighted by Gasteiger charge is 2.43. The summed E-state index contributed by atoms with van der Waals surface area (Å²) in [6, 6.07) is 0.421. The Morgan fingerprint density at radius 3 is 2.52 bits per heavy atom. The van der Waals surface area contributed by atoms with Crippen molar-refractivity contribution < 1.29 is 8.42 Å². The number of likely N-dealkylation sites (N-methyl/N-ethyl adjacent to an activating group) is 1. The summed E-state index contributed by atoms with van der Waals surface area (Å²) in [7, 11) is 0.817. The molecule has 8 heteroatoms. The van der Waals surface area contributed by atoms with E-state index in [2.05, 4.69) is 35.2 Å². The van der Waals surface area contributed by atoms with Crippen LogP contribution >= 0.6 is 11.5 Å². The Labute approximate surface area is 130 Å². The number of nitrogens with two attached hydrogens (primary N) is 1. The highest BCUT2D eigenvalue weighted by molar-refractivity contribution is 7.92. The molecule has 2 atom stereocenters. The maximum atomic E-state index is 12.6. The Kier molecular flexibility index (Phi) is 3.66. The van der Waals surface area contributed by atoms with Gasteiger partial charge in [0.05, 0.1) is 5.25 Å². The Morgan fingerprint density at radius 1 is 1.33 bits per heavy atom. The number of nitrogens with zero attached hydrogens (tertiary/aromatic N) is 3. The van der Waals surface area contributed by atoms with Crippen LogP contribution in [0.4, 0.5) is 10.8 Å². The van der Waals surface area contributed by atoms with Crippen LogP contribution in [0.5, 0.6) is 0 Å². The summed E-state index contributed by atoms with van der Waals surface area (Å²) in [6.07, 6.45) is 1.49. The summed E-state index contributed by atoms with van der Waals surface area (Å²) in [6.45, 7) is 3.87. The molecule has 118 valence electrons. The van der Waals surface area contributed by atoms with Crippen LogP contribution in [-0.4, -0.2) is 56.2 Å². The van der Waals surface area contributed by atoms with Crippen LogP contribution < -0.4 is 10.6 Å². The predicted octanol–water partition coefficient (Wildman–Crippen LogP) is 1.05. The minimum Gasteiger partial charge on any atom is -0.382 e. The Hall–Kier alpha value is -0.860. The van der Waals surface area contributed by atoms with Gasteiger partial charge in [0.15, 0.2) is 15.7 Å². The lowest BCUT2D eigenvalue weighted by Crippen LogP contribution is -2.34. The zero-order valence-corrected chi connectivity index (χ0v) is 14.2. The summed E-state index contributed by atoms with van der Waals surface area (Å²) in [5.41, 5.74) is 5.87. The maximum absolute atomic E-state index is 12.6. The fourth-order valence-electron chi connectivity index (χ4n) is 3.09. The second kappa shape index (κ2) is 5.10. The van der Waals surface area contributed by atoms with Gasteiger partial charge in [-0.15, -0.1) is 0 Å². The highest BCUT2D eigenvalue weighted by atomic mass is 32.2. The molecule has 1 saturated heterocycles. The standard InChI is InChI=1S/C13H22N4O2S2/c1-8-6-17(7-10(8)16(2)3)13-11(12(14)15-20-13)21(18,19)9-4-5-9/h8-10H,4-7H2,1-3H3,(H2,14,15). The minimum atomic E-state index is -3.31. The Morgan fingerprint density at radius 2 is 2.00 bits per heavy atom. The fraction of sp³-hybridized carbons (Fsp3) is 0.769. The van der Waals surface area contributed by atoms with Crippen LogP contribution in [0.25, 0.3) is 0 Å². The number of sulfone groups is 1. The Bertz CT molecular complexity index is 637. The van der Waals surface area contributed by atoms with Crippen molar-refractivity contribution in [2.75, 3.05) is 37.8 Å². The molecule has 2 N–H and O–H groups in total. The zero-order valence-electron chi connectivity index (χ0n) is 12.6. The number of anilines is 2. The molecular formula is C13H22N4O2S2.